The van der Waals surface area contributed by atoms with E-state index in [0.717, 1.165) is 5.56 Å². The summed E-state index contributed by atoms with van der Waals surface area (Å²) in [6.45, 7) is -0.539. The zero-order valence-corrected chi connectivity index (χ0v) is 11.2. The second-order valence-corrected chi connectivity index (χ2v) is 4.87. The molecule has 1 aliphatic heterocycles. The van der Waals surface area contributed by atoms with Crippen molar-refractivity contribution in [2.75, 3.05) is 6.61 Å². The van der Waals surface area contributed by atoms with E-state index in [9.17, 15) is 14.7 Å². The second-order valence-electron chi connectivity index (χ2n) is 4.87. The maximum atomic E-state index is 12.0. The van der Waals surface area contributed by atoms with Crippen LogP contribution in [0.4, 0.5) is 0 Å². The summed E-state index contributed by atoms with van der Waals surface area (Å²) in [6, 6.07) is 4.93. The van der Waals surface area contributed by atoms with Gasteiger partial charge in [-0.1, -0.05) is 12.1 Å². The van der Waals surface area contributed by atoms with Gasteiger partial charge in [0.25, 0.3) is 0 Å². The first kappa shape index (κ1) is 15.2. The number of carbonyl (C=O) groups is 2. The van der Waals surface area contributed by atoms with Crippen molar-refractivity contribution in [1.29, 1.82) is 0 Å². The van der Waals surface area contributed by atoms with Crippen molar-refractivity contribution in [2.24, 2.45) is 5.73 Å². The molecule has 21 heavy (non-hydrogen) atoms. The Morgan fingerprint density at radius 1 is 1.33 bits per heavy atom. The predicted octanol–water partition coefficient (Wildman–Crippen LogP) is -1.74. The third kappa shape index (κ3) is 3.69. The third-order valence-electron chi connectivity index (χ3n) is 3.36. The average molecular weight is 294 g/mol. The lowest BCUT2D eigenvalue weighted by molar-refractivity contribution is -0.129. The highest BCUT2D eigenvalue weighted by Crippen LogP contribution is 2.23. The SMILES string of the molecule is NC(=O)[C@H](CO)NC(=O)C1CC(c2ccc(O)cc2)NN1. The largest absolute Gasteiger partial charge is 0.508 e. The lowest BCUT2D eigenvalue weighted by Gasteiger charge is -2.15. The van der Waals surface area contributed by atoms with Crippen LogP contribution >= 0.6 is 0 Å². The molecule has 1 fully saturated rings. The van der Waals surface area contributed by atoms with Crippen LogP contribution in [0.25, 0.3) is 0 Å². The normalized spacial score (nSPS) is 22.7. The van der Waals surface area contributed by atoms with Crippen LogP contribution in [-0.2, 0) is 9.59 Å². The Bertz CT molecular complexity index is 519. The molecule has 0 saturated carbocycles. The van der Waals surface area contributed by atoms with Gasteiger partial charge in [0.05, 0.1) is 6.61 Å². The highest BCUT2D eigenvalue weighted by Gasteiger charge is 2.31. The Hall–Kier alpha value is -2.16. The summed E-state index contributed by atoms with van der Waals surface area (Å²) in [5.74, 6) is -1.03. The molecule has 7 N–H and O–H groups in total. The fourth-order valence-corrected chi connectivity index (χ4v) is 2.13. The molecule has 2 unspecified atom stereocenters. The van der Waals surface area contributed by atoms with Gasteiger partial charge in [-0.2, -0.15) is 0 Å². The summed E-state index contributed by atoms with van der Waals surface area (Å²) in [6.07, 6.45) is 0.466. The number of aliphatic hydroxyl groups is 1. The van der Waals surface area contributed by atoms with E-state index in [-0.39, 0.29) is 11.8 Å². The van der Waals surface area contributed by atoms with Gasteiger partial charge in [0.2, 0.25) is 11.8 Å². The first-order valence-electron chi connectivity index (χ1n) is 6.51. The summed E-state index contributed by atoms with van der Waals surface area (Å²) >= 11 is 0. The highest BCUT2D eigenvalue weighted by molar-refractivity contribution is 5.89. The van der Waals surface area contributed by atoms with E-state index in [0.29, 0.717) is 6.42 Å². The van der Waals surface area contributed by atoms with Gasteiger partial charge >= 0.3 is 0 Å². The van der Waals surface area contributed by atoms with E-state index >= 15 is 0 Å². The molecule has 0 aromatic heterocycles. The van der Waals surface area contributed by atoms with Crippen LogP contribution in [0.1, 0.15) is 18.0 Å². The average Bonchev–Trinajstić information content (AvgIpc) is 2.94. The van der Waals surface area contributed by atoms with Crippen LogP contribution < -0.4 is 21.9 Å². The number of nitrogens with two attached hydrogens (primary N) is 1. The number of aliphatic hydroxyl groups excluding tert-OH is 1. The van der Waals surface area contributed by atoms with Crippen LogP contribution in [0.3, 0.4) is 0 Å². The molecule has 2 rings (SSSR count). The van der Waals surface area contributed by atoms with Crippen molar-refractivity contribution in [3.63, 3.8) is 0 Å². The Kier molecular flexibility index (Phi) is 4.73. The number of rotatable bonds is 5. The number of hydrazine groups is 1. The monoisotopic (exact) mass is 294 g/mol. The zero-order valence-electron chi connectivity index (χ0n) is 11.2. The Morgan fingerprint density at radius 3 is 2.57 bits per heavy atom. The molecular formula is C13H18N4O4. The van der Waals surface area contributed by atoms with Crippen LogP contribution in [0.5, 0.6) is 5.75 Å². The Morgan fingerprint density at radius 2 is 2.00 bits per heavy atom. The first-order valence-corrected chi connectivity index (χ1v) is 6.51. The Labute approximate surface area is 121 Å². The second kappa shape index (κ2) is 6.53. The number of amides is 2. The molecule has 1 heterocycles. The van der Waals surface area contributed by atoms with Crippen LogP contribution in [0, 0.1) is 0 Å². The fourth-order valence-electron chi connectivity index (χ4n) is 2.13. The molecule has 8 heteroatoms. The van der Waals surface area contributed by atoms with E-state index in [1.165, 1.54) is 0 Å². The summed E-state index contributed by atoms with van der Waals surface area (Å²) in [5.41, 5.74) is 11.8. The van der Waals surface area contributed by atoms with Gasteiger partial charge in [0.15, 0.2) is 0 Å². The van der Waals surface area contributed by atoms with Crippen LogP contribution in [0.15, 0.2) is 24.3 Å². The van der Waals surface area contributed by atoms with Crippen molar-refractivity contribution in [2.45, 2.75) is 24.5 Å². The van der Waals surface area contributed by atoms with Crippen LogP contribution in [-0.4, -0.2) is 40.7 Å². The number of carbonyl (C=O) groups excluding carboxylic acids is 2. The van der Waals surface area contributed by atoms with E-state index in [1.807, 2.05) is 0 Å². The molecule has 0 radical (unpaired) electrons. The van der Waals surface area contributed by atoms with E-state index in [1.54, 1.807) is 24.3 Å². The number of phenolic OH excluding ortho intramolecular Hbond substituents is 1. The number of phenols is 1. The minimum atomic E-state index is -1.09. The van der Waals surface area contributed by atoms with Gasteiger partial charge in [-0.05, 0) is 24.1 Å². The third-order valence-corrected chi connectivity index (χ3v) is 3.36. The number of nitrogens with one attached hydrogen (secondary N) is 3. The molecule has 1 aromatic carbocycles. The molecule has 1 saturated heterocycles. The number of hydrogen-bond acceptors (Lipinski definition) is 6. The first-order chi connectivity index (χ1) is 10.0. The van der Waals surface area contributed by atoms with Gasteiger partial charge in [-0.3, -0.25) is 9.59 Å². The fraction of sp³-hybridized carbons (Fsp3) is 0.385. The van der Waals surface area contributed by atoms with Gasteiger partial charge in [0, 0.05) is 6.04 Å². The zero-order chi connectivity index (χ0) is 15.4. The van der Waals surface area contributed by atoms with Crippen molar-refractivity contribution in [3.8, 4) is 5.75 Å². The van der Waals surface area contributed by atoms with Crippen molar-refractivity contribution in [3.05, 3.63) is 29.8 Å². The topological polar surface area (TPSA) is 137 Å². The minimum Gasteiger partial charge on any atom is -0.508 e. The summed E-state index contributed by atoms with van der Waals surface area (Å²) in [5, 5.41) is 20.6. The maximum Gasteiger partial charge on any atom is 0.242 e. The van der Waals surface area contributed by atoms with E-state index in [4.69, 9.17) is 10.8 Å². The molecule has 8 nitrogen and oxygen atoms in total. The summed E-state index contributed by atoms with van der Waals surface area (Å²) in [7, 11) is 0. The van der Waals surface area contributed by atoms with Crippen molar-refractivity contribution < 1.29 is 19.8 Å². The highest BCUT2D eigenvalue weighted by atomic mass is 16.3. The number of aromatic hydroxyl groups is 1. The molecule has 2 amide bonds. The molecule has 1 aliphatic rings. The lowest BCUT2D eigenvalue weighted by atomic mass is 10.0. The molecular weight excluding hydrogens is 276 g/mol. The van der Waals surface area contributed by atoms with E-state index in [2.05, 4.69) is 16.2 Å². The number of benzene rings is 1. The molecule has 0 aliphatic carbocycles. The number of primary amides is 1. The number of hydrogen-bond donors (Lipinski definition) is 6. The van der Waals surface area contributed by atoms with Crippen molar-refractivity contribution in [1.82, 2.24) is 16.2 Å². The van der Waals surface area contributed by atoms with Crippen LogP contribution in [0.2, 0.25) is 0 Å². The van der Waals surface area contributed by atoms with Gasteiger partial charge < -0.3 is 21.3 Å². The molecule has 0 spiro atoms. The smallest absolute Gasteiger partial charge is 0.242 e. The van der Waals surface area contributed by atoms with Gasteiger partial charge in [-0.25, -0.2) is 10.9 Å². The van der Waals surface area contributed by atoms with Gasteiger partial charge in [-0.15, -0.1) is 0 Å². The van der Waals surface area contributed by atoms with Gasteiger partial charge in [0.1, 0.15) is 17.8 Å². The minimum absolute atomic E-state index is 0.0949. The van der Waals surface area contributed by atoms with E-state index < -0.39 is 30.5 Å². The summed E-state index contributed by atoms with van der Waals surface area (Å²) in [4.78, 5) is 23.0. The molecule has 114 valence electrons. The standard InChI is InChI=1S/C13H18N4O4/c14-12(20)11(6-18)15-13(21)10-5-9(16-17-10)7-1-3-8(19)4-2-7/h1-4,9-11,16-19H,5-6H2,(H2,14,20)(H,15,21)/t9?,10?,11-/m0/s1. The quantitative estimate of drug-likeness (QED) is 0.381. The maximum absolute atomic E-state index is 12.0. The molecule has 0 bridgehead atoms. The van der Waals surface area contributed by atoms with Crippen molar-refractivity contribution >= 4 is 11.8 Å². The lowest BCUT2D eigenvalue weighted by Crippen LogP contribution is -2.52. The molecule has 3 atom stereocenters. The molecule has 1 aromatic rings. The predicted molar refractivity (Wildman–Crippen MR) is 73.7 cm³/mol. The Balaban J connectivity index is 1.94. The summed E-state index contributed by atoms with van der Waals surface area (Å²) < 4.78 is 0.